The monoisotopic (exact) mass is 307 g/mol. The van der Waals surface area contributed by atoms with Gasteiger partial charge in [0.25, 0.3) is 5.91 Å². The second-order valence-electron chi connectivity index (χ2n) is 5.06. The number of nitrogens with one attached hydrogen (secondary N) is 2. The molecule has 6 heteroatoms. The molecule has 0 fully saturated rings. The molecule has 2 heterocycles. The third-order valence-corrected chi connectivity index (χ3v) is 3.63. The molecule has 3 aromatic rings. The van der Waals surface area contributed by atoms with E-state index in [1.165, 1.54) is 0 Å². The minimum atomic E-state index is -0.306. The van der Waals surface area contributed by atoms with Gasteiger partial charge in [0.2, 0.25) is 6.79 Å². The maximum absolute atomic E-state index is 12.1. The largest absolute Gasteiger partial charge is 0.454 e. The standard InChI is InChI=1S/C17H13N3O3/c21-17(11-5-6-15-16(7-11)23-10-22-15)20-19-9-12-8-18-14-4-2-1-3-13(12)14/h1-9,18H,10H2,(H,20,21). The van der Waals surface area contributed by atoms with Crippen molar-refractivity contribution in [3.63, 3.8) is 0 Å². The number of carbonyl (C=O) groups is 1. The Bertz CT molecular complexity index is 914. The zero-order valence-corrected chi connectivity index (χ0v) is 12.1. The van der Waals surface area contributed by atoms with Crippen molar-refractivity contribution in [3.8, 4) is 11.5 Å². The summed E-state index contributed by atoms with van der Waals surface area (Å²) in [5.74, 6) is 0.904. The van der Waals surface area contributed by atoms with Crippen LogP contribution in [0.15, 0.2) is 53.8 Å². The summed E-state index contributed by atoms with van der Waals surface area (Å²) in [5, 5.41) is 5.07. The van der Waals surface area contributed by atoms with Crippen LogP contribution in [0.25, 0.3) is 10.9 Å². The molecule has 2 N–H and O–H groups in total. The molecule has 1 amide bonds. The van der Waals surface area contributed by atoms with Gasteiger partial charge in [-0.2, -0.15) is 5.10 Å². The van der Waals surface area contributed by atoms with E-state index in [0.29, 0.717) is 17.1 Å². The van der Waals surface area contributed by atoms with Crippen molar-refractivity contribution < 1.29 is 14.3 Å². The van der Waals surface area contributed by atoms with Gasteiger partial charge in [-0.1, -0.05) is 18.2 Å². The predicted molar refractivity (Wildman–Crippen MR) is 85.9 cm³/mol. The Morgan fingerprint density at radius 3 is 3.00 bits per heavy atom. The van der Waals surface area contributed by atoms with Gasteiger partial charge in [0.15, 0.2) is 11.5 Å². The number of rotatable bonds is 3. The molecule has 0 unspecified atom stereocenters. The van der Waals surface area contributed by atoms with Gasteiger partial charge in [-0.3, -0.25) is 4.79 Å². The van der Waals surface area contributed by atoms with Crippen LogP contribution in [0.4, 0.5) is 0 Å². The Morgan fingerprint density at radius 1 is 1.17 bits per heavy atom. The highest BCUT2D eigenvalue weighted by atomic mass is 16.7. The molecule has 1 aromatic heterocycles. The van der Waals surface area contributed by atoms with E-state index in [0.717, 1.165) is 16.5 Å². The third kappa shape index (κ3) is 2.50. The smallest absolute Gasteiger partial charge is 0.271 e. The Balaban J connectivity index is 1.49. The Hall–Kier alpha value is -3.28. The second-order valence-corrected chi connectivity index (χ2v) is 5.06. The fourth-order valence-corrected chi connectivity index (χ4v) is 2.46. The van der Waals surface area contributed by atoms with E-state index < -0.39 is 0 Å². The number of carbonyl (C=O) groups excluding carboxylic acids is 1. The molecule has 6 nitrogen and oxygen atoms in total. The molecule has 0 radical (unpaired) electrons. The molecule has 1 aliphatic heterocycles. The van der Waals surface area contributed by atoms with Gasteiger partial charge in [-0.25, -0.2) is 5.43 Å². The average Bonchev–Trinajstić information content (AvgIpc) is 3.21. The summed E-state index contributed by atoms with van der Waals surface area (Å²) < 4.78 is 10.5. The minimum absolute atomic E-state index is 0.180. The van der Waals surface area contributed by atoms with Crippen LogP contribution in [0.3, 0.4) is 0 Å². The number of hydrazone groups is 1. The molecule has 23 heavy (non-hydrogen) atoms. The number of nitrogens with zero attached hydrogens (tertiary/aromatic N) is 1. The Morgan fingerprint density at radius 2 is 2.04 bits per heavy atom. The number of aromatic amines is 1. The lowest BCUT2D eigenvalue weighted by atomic mass is 10.2. The highest BCUT2D eigenvalue weighted by molar-refractivity contribution is 6.00. The first-order valence-electron chi connectivity index (χ1n) is 7.10. The number of H-pyrrole nitrogens is 1. The van der Waals surface area contributed by atoms with Crippen LogP contribution < -0.4 is 14.9 Å². The van der Waals surface area contributed by atoms with Crippen molar-refractivity contribution in [2.45, 2.75) is 0 Å². The Labute approximate surface area is 131 Å². The molecular weight excluding hydrogens is 294 g/mol. The van der Waals surface area contributed by atoms with Crippen LogP contribution in [0.1, 0.15) is 15.9 Å². The van der Waals surface area contributed by atoms with Crippen LogP contribution in [0.5, 0.6) is 11.5 Å². The van der Waals surface area contributed by atoms with E-state index in [-0.39, 0.29) is 12.7 Å². The van der Waals surface area contributed by atoms with Gasteiger partial charge in [-0.05, 0) is 24.3 Å². The summed E-state index contributed by atoms with van der Waals surface area (Å²) in [5.41, 5.74) is 4.91. The van der Waals surface area contributed by atoms with Crippen molar-refractivity contribution in [2.24, 2.45) is 5.10 Å². The first kappa shape index (κ1) is 13.4. The van der Waals surface area contributed by atoms with E-state index in [1.54, 1.807) is 24.4 Å². The quantitative estimate of drug-likeness (QED) is 0.577. The number of hydrogen-bond donors (Lipinski definition) is 2. The van der Waals surface area contributed by atoms with Gasteiger partial charge in [0.05, 0.1) is 6.21 Å². The van der Waals surface area contributed by atoms with E-state index >= 15 is 0 Å². The highest BCUT2D eigenvalue weighted by Crippen LogP contribution is 2.32. The summed E-state index contributed by atoms with van der Waals surface area (Å²) in [6.45, 7) is 0.180. The topological polar surface area (TPSA) is 75.7 Å². The summed E-state index contributed by atoms with van der Waals surface area (Å²) in [6, 6.07) is 12.9. The summed E-state index contributed by atoms with van der Waals surface area (Å²) >= 11 is 0. The molecule has 114 valence electrons. The van der Waals surface area contributed by atoms with Gasteiger partial charge in [-0.15, -0.1) is 0 Å². The maximum atomic E-state index is 12.1. The molecule has 0 aliphatic carbocycles. The fourth-order valence-electron chi connectivity index (χ4n) is 2.46. The predicted octanol–water partition coefficient (Wildman–Crippen LogP) is 2.66. The normalized spacial score (nSPS) is 12.9. The van der Waals surface area contributed by atoms with Gasteiger partial charge in [0.1, 0.15) is 0 Å². The lowest BCUT2D eigenvalue weighted by molar-refractivity contribution is 0.0954. The molecular formula is C17H13N3O3. The van der Waals surface area contributed by atoms with Crippen molar-refractivity contribution in [1.82, 2.24) is 10.4 Å². The molecule has 4 rings (SSSR count). The first-order chi connectivity index (χ1) is 11.3. The lowest BCUT2D eigenvalue weighted by Crippen LogP contribution is -2.17. The molecule has 1 aliphatic rings. The van der Waals surface area contributed by atoms with Gasteiger partial charge in [0, 0.05) is 28.2 Å². The summed E-state index contributed by atoms with van der Waals surface area (Å²) in [6.07, 6.45) is 3.46. The van der Waals surface area contributed by atoms with Crippen LogP contribution in [0.2, 0.25) is 0 Å². The van der Waals surface area contributed by atoms with Crippen molar-refractivity contribution >= 4 is 23.0 Å². The Kier molecular flexibility index (Phi) is 3.20. The first-order valence-corrected chi connectivity index (χ1v) is 7.10. The van der Waals surface area contributed by atoms with E-state index in [2.05, 4.69) is 15.5 Å². The van der Waals surface area contributed by atoms with E-state index in [9.17, 15) is 4.79 Å². The SMILES string of the molecule is O=C(NN=Cc1c[nH]c2ccccc12)c1ccc2c(c1)OCO2. The van der Waals surface area contributed by atoms with Crippen molar-refractivity contribution in [1.29, 1.82) is 0 Å². The number of ether oxygens (including phenoxy) is 2. The number of para-hydroxylation sites is 1. The molecule has 0 bridgehead atoms. The number of benzene rings is 2. The minimum Gasteiger partial charge on any atom is -0.454 e. The number of aromatic nitrogens is 1. The summed E-state index contributed by atoms with van der Waals surface area (Å²) in [7, 11) is 0. The molecule has 0 saturated heterocycles. The van der Waals surface area contributed by atoms with Crippen LogP contribution >= 0.6 is 0 Å². The van der Waals surface area contributed by atoms with Crippen LogP contribution in [-0.2, 0) is 0 Å². The molecule has 0 atom stereocenters. The number of hydrogen-bond acceptors (Lipinski definition) is 4. The molecule has 0 saturated carbocycles. The van der Waals surface area contributed by atoms with Gasteiger partial charge < -0.3 is 14.5 Å². The zero-order valence-electron chi connectivity index (χ0n) is 12.1. The second kappa shape index (κ2) is 5.49. The molecule has 0 spiro atoms. The molecule has 2 aromatic carbocycles. The zero-order chi connectivity index (χ0) is 15.6. The van der Waals surface area contributed by atoms with Crippen molar-refractivity contribution in [3.05, 3.63) is 59.8 Å². The lowest BCUT2D eigenvalue weighted by Gasteiger charge is -2.01. The van der Waals surface area contributed by atoms with E-state index in [1.807, 2.05) is 30.5 Å². The maximum Gasteiger partial charge on any atom is 0.271 e. The fraction of sp³-hybridized carbons (Fsp3) is 0.0588. The van der Waals surface area contributed by atoms with Crippen LogP contribution in [0, 0.1) is 0 Å². The average molecular weight is 307 g/mol. The van der Waals surface area contributed by atoms with Crippen molar-refractivity contribution in [2.75, 3.05) is 6.79 Å². The number of amides is 1. The third-order valence-electron chi connectivity index (χ3n) is 3.63. The van der Waals surface area contributed by atoms with Crippen LogP contribution in [-0.4, -0.2) is 23.9 Å². The highest BCUT2D eigenvalue weighted by Gasteiger charge is 2.15. The van der Waals surface area contributed by atoms with Gasteiger partial charge >= 0.3 is 0 Å². The van der Waals surface area contributed by atoms with E-state index in [4.69, 9.17) is 9.47 Å². The number of fused-ring (bicyclic) bond motifs is 2. The summed E-state index contributed by atoms with van der Waals surface area (Å²) in [4.78, 5) is 15.3.